The van der Waals surface area contributed by atoms with Crippen LogP contribution in [-0.2, 0) is 17.1 Å². The molecule has 0 bridgehead atoms. The van der Waals surface area contributed by atoms with Crippen LogP contribution in [-0.4, -0.2) is 4.92 Å². The van der Waals surface area contributed by atoms with Gasteiger partial charge < -0.3 is 9.47 Å². The standard InChI is InChI=1S/C21H15BrClNO4S/c22-16-8-14-11-27-21(13-4-2-1-3-5-13)28-20(14)15(9-16)12-29-19-7-6-17(23)10-18(19)24(25)26/h1-10,21H,11-12H2/t21-/m0/s1. The normalized spacial score (nSPS) is 15.4. The number of rotatable bonds is 5. The van der Waals surface area contributed by atoms with E-state index < -0.39 is 11.2 Å². The first kappa shape index (κ1) is 20.2. The maximum atomic E-state index is 11.4. The molecule has 0 radical (unpaired) electrons. The molecule has 0 N–H and O–H groups in total. The van der Waals surface area contributed by atoms with Crippen molar-refractivity contribution in [1.82, 2.24) is 0 Å². The van der Waals surface area contributed by atoms with Crippen LogP contribution < -0.4 is 4.74 Å². The van der Waals surface area contributed by atoms with Gasteiger partial charge in [-0.15, -0.1) is 11.8 Å². The maximum Gasteiger partial charge on any atom is 0.284 e. The Hall–Kier alpha value is -2.06. The first-order chi connectivity index (χ1) is 14.0. The molecule has 0 amide bonds. The molecular weight excluding hydrogens is 478 g/mol. The molecule has 0 saturated heterocycles. The van der Waals surface area contributed by atoms with Crippen molar-refractivity contribution in [3.63, 3.8) is 0 Å². The largest absolute Gasteiger partial charge is 0.460 e. The van der Waals surface area contributed by atoms with Gasteiger partial charge in [0.15, 0.2) is 0 Å². The van der Waals surface area contributed by atoms with E-state index in [9.17, 15) is 10.1 Å². The van der Waals surface area contributed by atoms with Crippen LogP contribution in [0.1, 0.15) is 23.0 Å². The van der Waals surface area contributed by atoms with Crippen molar-refractivity contribution in [2.75, 3.05) is 0 Å². The molecule has 4 rings (SSSR count). The first-order valence-electron chi connectivity index (χ1n) is 8.72. The summed E-state index contributed by atoms with van der Waals surface area (Å²) in [6, 6.07) is 18.4. The third kappa shape index (κ3) is 4.59. The average molecular weight is 493 g/mol. The van der Waals surface area contributed by atoms with Gasteiger partial charge in [-0.1, -0.05) is 57.9 Å². The van der Waals surface area contributed by atoms with Crippen molar-refractivity contribution in [3.05, 3.63) is 97.0 Å². The molecule has 3 aromatic carbocycles. The number of thioether (sulfide) groups is 1. The molecule has 5 nitrogen and oxygen atoms in total. The second-order valence-electron chi connectivity index (χ2n) is 6.38. The predicted molar refractivity (Wildman–Crippen MR) is 116 cm³/mol. The van der Waals surface area contributed by atoms with Gasteiger partial charge in [-0.05, 0) is 24.3 Å². The summed E-state index contributed by atoms with van der Waals surface area (Å²) in [5, 5.41) is 11.7. The fourth-order valence-electron chi connectivity index (χ4n) is 3.07. The van der Waals surface area contributed by atoms with E-state index in [4.69, 9.17) is 21.1 Å². The third-order valence-electron chi connectivity index (χ3n) is 4.40. The van der Waals surface area contributed by atoms with Gasteiger partial charge in [-0.2, -0.15) is 0 Å². The van der Waals surface area contributed by atoms with E-state index in [1.54, 1.807) is 12.1 Å². The van der Waals surface area contributed by atoms with E-state index in [0.717, 1.165) is 26.9 Å². The average Bonchev–Trinajstić information content (AvgIpc) is 2.72. The van der Waals surface area contributed by atoms with Crippen molar-refractivity contribution < 1.29 is 14.4 Å². The van der Waals surface area contributed by atoms with Gasteiger partial charge >= 0.3 is 0 Å². The zero-order chi connectivity index (χ0) is 20.4. The molecule has 0 aromatic heterocycles. The van der Waals surface area contributed by atoms with Crippen molar-refractivity contribution in [2.45, 2.75) is 23.5 Å². The van der Waals surface area contributed by atoms with Gasteiger partial charge in [0.1, 0.15) is 5.75 Å². The highest BCUT2D eigenvalue weighted by atomic mass is 79.9. The molecule has 1 aliphatic heterocycles. The van der Waals surface area contributed by atoms with Gasteiger partial charge in [0.2, 0.25) is 6.29 Å². The Morgan fingerprint density at radius 3 is 2.72 bits per heavy atom. The Kier molecular flexibility index (Phi) is 6.10. The summed E-state index contributed by atoms with van der Waals surface area (Å²) in [6.45, 7) is 0.424. The lowest BCUT2D eigenvalue weighted by Crippen LogP contribution is -2.19. The lowest BCUT2D eigenvalue weighted by molar-refractivity contribution is -0.387. The summed E-state index contributed by atoms with van der Waals surface area (Å²) in [5.74, 6) is 1.27. The minimum absolute atomic E-state index is 0.00206. The molecule has 1 atom stereocenters. The molecule has 0 saturated carbocycles. The topological polar surface area (TPSA) is 61.6 Å². The van der Waals surface area contributed by atoms with Gasteiger partial charge in [0.05, 0.1) is 16.4 Å². The molecular formula is C21H15BrClNO4S. The summed E-state index contributed by atoms with van der Waals surface area (Å²) >= 11 is 10.8. The summed E-state index contributed by atoms with van der Waals surface area (Å²) in [6.07, 6.45) is -0.488. The molecule has 1 aliphatic rings. The molecule has 8 heteroatoms. The number of hydrogen-bond donors (Lipinski definition) is 0. The van der Waals surface area contributed by atoms with Crippen LogP contribution in [0.15, 0.2) is 70.0 Å². The molecule has 0 unspecified atom stereocenters. The third-order valence-corrected chi connectivity index (χ3v) is 6.20. The zero-order valence-electron chi connectivity index (χ0n) is 15.0. The summed E-state index contributed by atoms with van der Waals surface area (Å²) < 4.78 is 13.0. The lowest BCUT2D eigenvalue weighted by Gasteiger charge is -2.28. The Morgan fingerprint density at radius 1 is 1.17 bits per heavy atom. The fourth-order valence-corrected chi connectivity index (χ4v) is 4.76. The summed E-state index contributed by atoms with van der Waals surface area (Å²) in [7, 11) is 0. The van der Waals surface area contributed by atoms with E-state index in [1.165, 1.54) is 17.8 Å². The number of nitro benzene ring substituents is 1. The van der Waals surface area contributed by atoms with E-state index in [1.807, 2.05) is 42.5 Å². The van der Waals surface area contributed by atoms with Crippen molar-refractivity contribution in [3.8, 4) is 5.75 Å². The van der Waals surface area contributed by atoms with E-state index in [2.05, 4.69) is 15.9 Å². The van der Waals surface area contributed by atoms with Crippen LogP contribution in [0.2, 0.25) is 5.02 Å². The van der Waals surface area contributed by atoms with Crippen LogP contribution in [0.3, 0.4) is 0 Å². The monoisotopic (exact) mass is 491 g/mol. The van der Waals surface area contributed by atoms with Gasteiger partial charge in [0, 0.05) is 38.0 Å². The highest BCUT2D eigenvalue weighted by Crippen LogP contribution is 2.41. The smallest absolute Gasteiger partial charge is 0.284 e. The van der Waals surface area contributed by atoms with Crippen LogP contribution >= 0.6 is 39.3 Å². The van der Waals surface area contributed by atoms with Crippen LogP contribution in [0.25, 0.3) is 0 Å². The Balaban J connectivity index is 1.61. The first-order valence-corrected chi connectivity index (χ1v) is 10.9. The quantitative estimate of drug-likeness (QED) is 0.220. The molecule has 0 spiro atoms. The van der Waals surface area contributed by atoms with Crippen LogP contribution in [0, 0.1) is 10.1 Å². The molecule has 148 valence electrons. The Labute approximate surface area is 185 Å². The van der Waals surface area contributed by atoms with Crippen molar-refractivity contribution >= 4 is 45.0 Å². The zero-order valence-corrected chi connectivity index (χ0v) is 18.2. The molecule has 0 fully saturated rings. The van der Waals surface area contributed by atoms with E-state index in [0.29, 0.717) is 22.3 Å². The van der Waals surface area contributed by atoms with Gasteiger partial charge in [-0.3, -0.25) is 10.1 Å². The number of hydrogen-bond acceptors (Lipinski definition) is 5. The minimum Gasteiger partial charge on any atom is -0.460 e. The molecule has 0 aliphatic carbocycles. The number of ether oxygens (including phenoxy) is 2. The maximum absolute atomic E-state index is 11.4. The minimum atomic E-state index is -0.488. The van der Waals surface area contributed by atoms with E-state index >= 15 is 0 Å². The molecule has 1 heterocycles. The van der Waals surface area contributed by atoms with Crippen LogP contribution in [0.4, 0.5) is 5.69 Å². The summed E-state index contributed by atoms with van der Waals surface area (Å²) in [4.78, 5) is 11.5. The second-order valence-corrected chi connectivity index (χ2v) is 8.75. The number of nitro groups is 1. The fraction of sp³-hybridized carbons (Fsp3) is 0.143. The van der Waals surface area contributed by atoms with Crippen molar-refractivity contribution in [2.24, 2.45) is 0 Å². The number of nitrogens with zero attached hydrogens (tertiary/aromatic N) is 1. The highest BCUT2D eigenvalue weighted by Gasteiger charge is 2.25. The highest BCUT2D eigenvalue weighted by molar-refractivity contribution is 9.10. The molecule has 3 aromatic rings. The second kappa shape index (κ2) is 8.75. The summed E-state index contributed by atoms with van der Waals surface area (Å²) in [5.41, 5.74) is 2.81. The number of benzene rings is 3. The predicted octanol–water partition coefficient (Wildman–Crippen LogP) is 6.91. The van der Waals surface area contributed by atoms with Gasteiger partial charge in [0.25, 0.3) is 5.69 Å². The Bertz CT molecular complexity index is 1060. The molecule has 29 heavy (non-hydrogen) atoms. The Morgan fingerprint density at radius 2 is 1.97 bits per heavy atom. The van der Waals surface area contributed by atoms with E-state index in [-0.39, 0.29) is 5.69 Å². The lowest BCUT2D eigenvalue weighted by atomic mass is 10.1. The van der Waals surface area contributed by atoms with Crippen molar-refractivity contribution in [1.29, 1.82) is 0 Å². The van der Waals surface area contributed by atoms with Gasteiger partial charge in [-0.25, -0.2) is 0 Å². The van der Waals surface area contributed by atoms with Crippen LogP contribution in [0.5, 0.6) is 5.75 Å². The number of fused-ring (bicyclic) bond motifs is 1. The SMILES string of the molecule is O=[N+]([O-])c1cc(Cl)ccc1SCc1cc(Br)cc2c1O[C@@H](c1ccccc1)OC2. The number of halogens is 2.